The first-order chi connectivity index (χ1) is 20.4. The second-order valence-electron chi connectivity index (χ2n) is 11.3. The number of hydrogen-bond acceptors (Lipinski definition) is 11. The van der Waals surface area contributed by atoms with Crippen molar-refractivity contribution in [2.24, 2.45) is 0 Å². The number of nitrogens with zero attached hydrogens (tertiary/aromatic N) is 7. The average Bonchev–Trinajstić information content (AvgIpc) is 3.80. The highest BCUT2D eigenvalue weighted by Crippen LogP contribution is 2.34. The van der Waals surface area contributed by atoms with Crippen LogP contribution >= 0.6 is 11.3 Å². The van der Waals surface area contributed by atoms with Gasteiger partial charge in [0.05, 0.1) is 29.5 Å². The van der Waals surface area contributed by atoms with Gasteiger partial charge in [-0.3, -0.25) is 9.69 Å². The summed E-state index contributed by atoms with van der Waals surface area (Å²) in [6.45, 7) is 5.97. The van der Waals surface area contributed by atoms with E-state index in [0.29, 0.717) is 42.5 Å². The van der Waals surface area contributed by atoms with Crippen molar-refractivity contribution in [2.45, 2.75) is 37.9 Å². The zero-order valence-corrected chi connectivity index (χ0v) is 24.5. The summed E-state index contributed by atoms with van der Waals surface area (Å²) in [5.74, 6) is 2.07. The van der Waals surface area contributed by atoms with Gasteiger partial charge in [0.15, 0.2) is 0 Å². The lowest BCUT2D eigenvalue weighted by Crippen LogP contribution is -2.47. The van der Waals surface area contributed by atoms with Crippen LogP contribution < -0.4 is 10.2 Å². The van der Waals surface area contributed by atoms with Crippen molar-refractivity contribution in [1.82, 2.24) is 29.7 Å². The molecule has 2 N–H and O–H groups in total. The summed E-state index contributed by atoms with van der Waals surface area (Å²) in [6.07, 6.45) is 3.77. The molecule has 6 heterocycles. The van der Waals surface area contributed by atoms with E-state index >= 15 is 0 Å². The molecule has 0 aliphatic carbocycles. The van der Waals surface area contributed by atoms with Crippen molar-refractivity contribution in [1.29, 1.82) is 0 Å². The third-order valence-corrected chi connectivity index (χ3v) is 9.56. The number of anilines is 3. The van der Waals surface area contributed by atoms with Crippen LogP contribution in [0.15, 0.2) is 42.6 Å². The molecule has 3 fully saturated rings. The van der Waals surface area contributed by atoms with Crippen LogP contribution in [0.3, 0.4) is 0 Å². The minimum absolute atomic E-state index is 0.00891. The number of rotatable bonds is 8. The predicted molar refractivity (Wildman–Crippen MR) is 162 cm³/mol. The molecule has 1 aromatic carbocycles. The van der Waals surface area contributed by atoms with Gasteiger partial charge in [0.1, 0.15) is 16.6 Å². The lowest BCUT2D eigenvalue weighted by molar-refractivity contribution is 0.0711. The molecule has 0 saturated carbocycles. The molecule has 3 atom stereocenters. The van der Waals surface area contributed by atoms with Gasteiger partial charge in [0.25, 0.3) is 5.91 Å². The fourth-order valence-corrected chi connectivity index (χ4v) is 7.19. The molecule has 3 aromatic heterocycles. The van der Waals surface area contributed by atoms with Gasteiger partial charge in [-0.05, 0) is 31.9 Å². The van der Waals surface area contributed by atoms with Crippen molar-refractivity contribution in [3.8, 4) is 10.6 Å². The molecule has 0 radical (unpaired) electrons. The number of piperazine rings is 1. The molecule has 218 valence electrons. The maximum atomic E-state index is 13.1. The smallest absolute Gasteiger partial charge is 0.253 e. The van der Waals surface area contributed by atoms with Crippen LogP contribution in [0.25, 0.3) is 20.8 Å². The number of aliphatic hydroxyl groups excluding tert-OH is 1. The van der Waals surface area contributed by atoms with Crippen LogP contribution in [0, 0.1) is 6.92 Å². The van der Waals surface area contributed by atoms with Crippen molar-refractivity contribution in [3.63, 3.8) is 0 Å². The molecule has 2 bridgehead atoms. The highest BCUT2D eigenvalue weighted by Gasteiger charge is 2.44. The van der Waals surface area contributed by atoms with Crippen LogP contribution in [0.2, 0.25) is 0 Å². The summed E-state index contributed by atoms with van der Waals surface area (Å²) in [6, 6.07) is 12.4. The fourth-order valence-electron chi connectivity index (χ4n) is 6.28. The van der Waals surface area contributed by atoms with E-state index in [0.717, 1.165) is 64.9 Å². The Kier molecular flexibility index (Phi) is 7.22. The molecular weight excluding hydrogens is 552 g/mol. The van der Waals surface area contributed by atoms with Crippen molar-refractivity contribution in [2.75, 3.05) is 56.7 Å². The number of nitrogens with one attached hydrogen (secondary N) is 1. The highest BCUT2D eigenvalue weighted by molar-refractivity contribution is 7.21. The Morgan fingerprint density at radius 1 is 1.17 bits per heavy atom. The Labute approximate surface area is 248 Å². The molecule has 1 unspecified atom stereocenters. The van der Waals surface area contributed by atoms with Crippen LogP contribution in [0.4, 0.5) is 17.6 Å². The predicted octanol–water partition coefficient (Wildman–Crippen LogP) is 3.32. The number of β-amino-alcohol motifs (C(OH)–C–C–N with tert-alkyl or cyclic N) is 1. The summed E-state index contributed by atoms with van der Waals surface area (Å²) >= 11 is 1.55. The fraction of sp³-hybridized carbons (Fsp3) is 0.433. The van der Waals surface area contributed by atoms with Crippen LogP contribution in [0.1, 0.15) is 28.9 Å². The van der Waals surface area contributed by atoms with Gasteiger partial charge in [-0.1, -0.05) is 12.1 Å². The summed E-state index contributed by atoms with van der Waals surface area (Å²) in [7, 11) is 1.84. The van der Waals surface area contributed by atoms with Gasteiger partial charge in [0, 0.05) is 80.5 Å². The second kappa shape index (κ2) is 11.2. The zero-order valence-electron chi connectivity index (χ0n) is 23.7. The SMILES string of the molecule is Cc1cc(Nc2cc3nc(-c4cccc(C(=O)N(C)C5CCOC5)c4)sc3cn2)nc(N2C[C@@H]3C[C@H]2CN3CCO)n1. The molecule has 11 nitrogen and oxygen atoms in total. The average molecular weight is 587 g/mol. The van der Waals surface area contributed by atoms with Crippen LogP contribution in [-0.2, 0) is 4.74 Å². The van der Waals surface area contributed by atoms with Gasteiger partial charge >= 0.3 is 0 Å². The van der Waals surface area contributed by atoms with Gasteiger partial charge in [-0.2, -0.15) is 4.98 Å². The molecule has 7 rings (SSSR count). The van der Waals surface area contributed by atoms with Gasteiger partial charge < -0.3 is 25.0 Å². The molecule has 4 aromatic rings. The molecule has 3 aliphatic heterocycles. The minimum Gasteiger partial charge on any atom is -0.395 e. The number of likely N-dealkylation sites (N-methyl/N-ethyl adjacent to an activating group) is 1. The van der Waals surface area contributed by atoms with Gasteiger partial charge in [-0.15, -0.1) is 11.3 Å². The lowest BCUT2D eigenvalue weighted by atomic mass is 10.1. The highest BCUT2D eigenvalue weighted by atomic mass is 32.1. The van der Waals surface area contributed by atoms with Crippen molar-refractivity contribution in [3.05, 3.63) is 53.9 Å². The first-order valence-corrected chi connectivity index (χ1v) is 15.2. The lowest BCUT2D eigenvalue weighted by Gasteiger charge is -2.34. The Hall–Kier alpha value is -3.71. The van der Waals surface area contributed by atoms with Gasteiger partial charge in [-0.25, -0.2) is 15.0 Å². The molecule has 3 saturated heterocycles. The summed E-state index contributed by atoms with van der Waals surface area (Å²) in [5.41, 5.74) is 3.26. The molecular formula is C30H34N8O3S. The van der Waals surface area contributed by atoms with Crippen molar-refractivity contribution < 1.29 is 14.6 Å². The number of benzene rings is 1. The van der Waals surface area contributed by atoms with E-state index in [2.05, 4.69) is 20.1 Å². The summed E-state index contributed by atoms with van der Waals surface area (Å²) in [5, 5.41) is 13.5. The van der Waals surface area contributed by atoms with Crippen LogP contribution in [-0.4, -0.2) is 105 Å². The summed E-state index contributed by atoms with van der Waals surface area (Å²) < 4.78 is 6.43. The maximum absolute atomic E-state index is 13.1. The Morgan fingerprint density at radius 3 is 2.86 bits per heavy atom. The minimum atomic E-state index is -0.00891. The van der Waals surface area contributed by atoms with E-state index < -0.39 is 0 Å². The largest absolute Gasteiger partial charge is 0.395 e. The Morgan fingerprint density at radius 2 is 2.07 bits per heavy atom. The number of aliphatic hydroxyl groups is 1. The second-order valence-corrected chi connectivity index (χ2v) is 12.3. The molecule has 42 heavy (non-hydrogen) atoms. The molecule has 0 spiro atoms. The normalized spacial score (nSPS) is 21.9. The van der Waals surface area contributed by atoms with Crippen molar-refractivity contribution >= 4 is 45.0 Å². The molecule has 3 aliphatic rings. The standard InChI is InChI=1S/C30H34N8O3S/c1-18-10-27(35-30(32-18)38-16-22-12-23(38)15-37(22)7-8-39)34-26-13-24-25(14-31-26)42-28(33-24)19-4-3-5-20(11-19)29(40)36(2)21-6-9-41-17-21/h3-5,10-11,13-14,21-23,39H,6-9,12,15-17H2,1-2H3,(H,31,32,34,35)/t21?,22-,23-/m0/s1. The molecule has 1 amide bonds. The van der Waals surface area contributed by atoms with E-state index in [9.17, 15) is 9.90 Å². The number of pyridine rings is 1. The van der Waals surface area contributed by atoms with Gasteiger partial charge in [0.2, 0.25) is 5.95 Å². The number of thiazole rings is 1. The number of fused-ring (bicyclic) bond motifs is 3. The number of ether oxygens (including phenoxy) is 1. The third-order valence-electron chi connectivity index (χ3n) is 8.50. The Balaban J connectivity index is 1.08. The van der Waals surface area contributed by atoms with Crippen LogP contribution in [0.5, 0.6) is 0 Å². The molecule has 12 heteroatoms. The quantitative estimate of drug-likeness (QED) is 0.318. The monoisotopic (exact) mass is 586 g/mol. The Bertz CT molecular complexity index is 1620. The third kappa shape index (κ3) is 5.19. The number of amides is 1. The van der Waals surface area contributed by atoms with E-state index in [1.54, 1.807) is 16.2 Å². The maximum Gasteiger partial charge on any atom is 0.253 e. The van der Waals surface area contributed by atoms with E-state index in [4.69, 9.17) is 19.7 Å². The van der Waals surface area contributed by atoms with E-state index in [-0.39, 0.29) is 18.6 Å². The number of aryl methyl sites for hydroxylation is 1. The number of carbonyl (C=O) groups excluding carboxylic acids is 1. The number of likely N-dealkylation sites (tertiary alicyclic amines) is 1. The summed E-state index contributed by atoms with van der Waals surface area (Å²) in [4.78, 5) is 38.6. The van der Waals surface area contributed by atoms with E-state index in [1.165, 1.54) is 0 Å². The van der Waals surface area contributed by atoms with E-state index in [1.807, 2.05) is 56.6 Å². The number of carbonyl (C=O) groups is 1. The topological polar surface area (TPSA) is 120 Å². The first-order valence-electron chi connectivity index (χ1n) is 14.4. The number of aromatic nitrogens is 4. The zero-order chi connectivity index (χ0) is 28.8. The first kappa shape index (κ1) is 27.1. The number of hydrogen-bond donors (Lipinski definition) is 2.